The van der Waals surface area contributed by atoms with E-state index in [0.29, 0.717) is 40.0 Å². The lowest BCUT2D eigenvalue weighted by Crippen LogP contribution is -2.50. The third kappa shape index (κ3) is 10.4. The summed E-state index contributed by atoms with van der Waals surface area (Å²) in [6.45, 7) is 2.68. The van der Waals surface area contributed by atoms with Crippen LogP contribution in [0.2, 0.25) is 10.0 Å². The Kier molecular flexibility index (Phi) is 13.2. The number of amides is 2. The number of nitrogens with one attached hydrogen (secondary N) is 1. The highest BCUT2D eigenvalue weighted by Gasteiger charge is 2.31. The van der Waals surface area contributed by atoms with Gasteiger partial charge in [0.05, 0.1) is 19.1 Å². The van der Waals surface area contributed by atoms with Crippen LogP contribution in [0.15, 0.2) is 72.8 Å². The van der Waals surface area contributed by atoms with Crippen LogP contribution in [0, 0.1) is 0 Å². The highest BCUT2D eigenvalue weighted by Crippen LogP contribution is 2.26. The SMILES string of the molecule is CCCCNC(=O)C(Cc1ccccc1)N(Cc1ccc(Cl)cc1Cl)C(=O)CCCN(c1cccc(OC)c1)S(C)(=O)=O. The fourth-order valence-corrected chi connectivity index (χ4v) is 6.09. The Bertz CT molecular complexity index is 1470. The van der Waals surface area contributed by atoms with Crippen molar-refractivity contribution < 1.29 is 22.7 Å². The molecule has 0 aromatic heterocycles. The standard InChI is InChI=1S/C32H39Cl2N3O5S/c1-4-5-18-35-32(39)30(20-24-11-7-6-8-12-24)36(23-25-16-17-26(33)21-29(25)34)31(38)15-10-19-37(43(3,40)41)27-13-9-14-28(22-27)42-2/h6-9,11-14,16-17,21-22,30H,4-5,10,15,18-20,23H2,1-3H3,(H,35,39). The molecule has 11 heteroatoms. The Balaban J connectivity index is 1.90. The highest BCUT2D eigenvalue weighted by atomic mass is 35.5. The van der Waals surface area contributed by atoms with E-state index in [2.05, 4.69) is 5.32 Å². The van der Waals surface area contributed by atoms with Crippen LogP contribution >= 0.6 is 23.2 Å². The van der Waals surface area contributed by atoms with Crippen LogP contribution in [0.1, 0.15) is 43.7 Å². The van der Waals surface area contributed by atoms with Gasteiger partial charge in [0, 0.05) is 48.6 Å². The van der Waals surface area contributed by atoms with Crippen LogP contribution in [0.4, 0.5) is 5.69 Å². The molecule has 8 nitrogen and oxygen atoms in total. The predicted molar refractivity (Wildman–Crippen MR) is 173 cm³/mol. The third-order valence-corrected chi connectivity index (χ3v) is 8.73. The van der Waals surface area contributed by atoms with E-state index in [4.69, 9.17) is 27.9 Å². The number of anilines is 1. The minimum Gasteiger partial charge on any atom is -0.497 e. The lowest BCUT2D eigenvalue weighted by molar-refractivity contribution is -0.141. The van der Waals surface area contributed by atoms with Crippen LogP contribution in [0.3, 0.4) is 0 Å². The number of carbonyl (C=O) groups excluding carboxylic acids is 2. The predicted octanol–water partition coefficient (Wildman–Crippen LogP) is 6.10. The fourth-order valence-electron chi connectivity index (χ4n) is 4.66. The Labute approximate surface area is 265 Å². The monoisotopic (exact) mass is 647 g/mol. The molecule has 0 saturated carbocycles. The van der Waals surface area contributed by atoms with E-state index >= 15 is 0 Å². The molecule has 1 unspecified atom stereocenters. The maximum Gasteiger partial charge on any atom is 0.243 e. The molecule has 0 saturated heterocycles. The van der Waals surface area contributed by atoms with Crippen molar-refractivity contribution in [3.05, 3.63) is 94.0 Å². The average molecular weight is 649 g/mol. The van der Waals surface area contributed by atoms with Gasteiger partial charge in [-0.05, 0) is 48.2 Å². The molecule has 0 fully saturated rings. The molecule has 1 N–H and O–H groups in total. The molecule has 3 aromatic rings. The summed E-state index contributed by atoms with van der Waals surface area (Å²) in [6.07, 6.45) is 3.38. The molecule has 0 aliphatic carbocycles. The van der Waals surface area contributed by atoms with Gasteiger partial charge in [0.15, 0.2) is 0 Å². The van der Waals surface area contributed by atoms with Gasteiger partial charge in [-0.1, -0.05) is 79.0 Å². The summed E-state index contributed by atoms with van der Waals surface area (Å²) in [5.74, 6) is -0.0346. The first-order valence-electron chi connectivity index (χ1n) is 14.2. The van der Waals surface area contributed by atoms with Crippen molar-refractivity contribution in [2.75, 3.05) is 30.8 Å². The zero-order valence-electron chi connectivity index (χ0n) is 24.8. The van der Waals surface area contributed by atoms with Crippen LogP contribution in [-0.4, -0.2) is 57.6 Å². The van der Waals surface area contributed by atoms with E-state index in [1.54, 1.807) is 47.4 Å². The molecule has 0 bridgehead atoms. The van der Waals surface area contributed by atoms with Crippen molar-refractivity contribution in [2.45, 2.75) is 51.6 Å². The minimum absolute atomic E-state index is 0.00866. The first kappa shape index (κ1) is 34.2. The molecule has 43 heavy (non-hydrogen) atoms. The van der Waals surface area contributed by atoms with Crippen molar-refractivity contribution in [3.8, 4) is 5.75 Å². The number of hydrogen-bond acceptors (Lipinski definition) is 5. The molecule has 0 spiro atoms. The number of nitrogens with zero attached hydrogens (tertiary/aromatic N) is 2. The average Bonchev–Trinajstić information content (AvgIpc) is 2.98. The second-order valence-electron chi connectivity index (χ2n) is 10.2. The van der Waals surface area contributed by atoms with Gasteiger partial charge in [0.1, 0.15) is 11.8 Å². The van der Waals surface area contributed by atoms with Gasteiger partial charge >= 0.3 is 0 Å². The van der Waals surface area contributed by atoms with E-state index in [-0.39, 0.29) is 37.7 Å². The number of hydrogen-bond donors (Lipinski definition) is 1. The molecule has 0 aliphatic rings. The van der Waals surface area contributed by atoms with Gasteiger partial charge in [-0.25, -0.2) is 8.42 Å². The molecule has 232 valence electrons. The van der Waals surface area contributed by atoms with Gasteiger partial charge in [-0.15, -0.1) is 0 Å². The topological polar surface area (TPSA) is 96.0 Å². The molecule has 3 rings (SSSR count). The van der Waals surface area contributed by atoms with Crippen LogP contribution in [-0.2, 0) is 32.6 Å². The van der Waals surface area contributed by atoms with E-state index < -0.39 is 16.1 Å². The third-order valence-electron chi connectivity index (χ3n) is 6.95. The van der Waals surface area contributed by atoms with Gasteiger partial charge in [0.25, 0.3) is 0 Å². The zero-order valence-corrected chi connectivity index (χ0v) is 27.1. The summed E-state index contributed by atoms with van der Waals surface area (Å²) in [7, 11) is -2.14. The number of rotatable bonds is 16. The molecular formula is C32H39Cl2N3O5S. The zero-order chi connectivity index (χ0) is 31.4. The summed E-state index contributed by atoms with van der Waals surface area (Å²) < 4.78 is 31.9. The Hall–Kier alpha value is -3.27. The van der Waals surface area contributed by atoms with E-state index in [1.165, 1.54) is 11.4 Å². The Morgan fingerprint density at radius 3 is 2.37 bits per heavy atom. The van der Waals surface area contributed by atoms with Gasteiger partial charge in [-0.3, -0.25) is 13.9 Å². The second kappa shape index (κ2) is 16.5. The lowest BCUT2D eigenvalue weighted by atomic mass is 10.0. The Morgan fingerprint density at radius 1 is 0.977 bits per heavy atom. The quantitative estimate of drug-likeness (QED) is 0.189. The van der Waals surface area contributed by atoms with E-state index in [0.717, 1.165) is 24.7 Å². The molecular weight excluding hydrogens is 609 g/mol. The lowest BCUT2D eigenvalue weighted by Gasteiger charge is -2.32. The molecule has 3 aromatic carbocycles. The maximum absolute atomic E-state index is 13.9. The fraction of sp³-hybridized carbons (Fsp3) is 0.375. The van der Waals surface area contributed by atoms with Crippen molar-refractivity contribution in [1.82, 2.24) is 10.2 Å². The Morgan fingerprint density at radius 2 is 1.72 bits per heavy atom. The van der Waals surface area contributed by atoms with Gasteiger partial charge in [-0.2, -0.15) is 0 Å². The number of unbranched alkanes of at least 4 members (excludes halogenated alkanes) is 1. The van der Waals surface area contributed by atoms with Crippen molar-refractivity contribution in [3.63, 3.8) is 0 Å². The van der Waals surface area contributed by atoms with Gasteiger partial charge in [0.2, 0.25) is 21.8 Å². The maximum atomic E-state index is 13.9. The van der Waals surface area contributed by atoms with Crippen molar-refractivity contribution in [2.24, 2.45) is 0 Å². The highest BCUT2D eigenvalue weighted by molar-refractivity contribution is 7.92. The first-order chi connectivity index (χ1) is 20.5. The number of sulfonamides is 1. The van der Waals surface area contributed by atoms with Crippen LogP contribution < -0.4 is 14.4 Å². The summed E-state index contributed by atoms with van der Waals surface area (Å²) in [5.41, 5.74) is 1.99. The van der Waals surface area contributed by atoms with Crippen LogP contribution in [0.5, 0.6) is 5.75 Å². The summed E-state index contributed by atoms with van der Waals surface area (Å²) in [4.78, 5) is 29.1. The van der Waals surface area contributed by atoms with Crippen molar-refractivity contribution in [1.29, 1.82) is 0 Å². The number of halogens is 2. The molecule has 0 radical (unpaired) electrons. The molecule has 2 amide bonds. The summed E-state index contributed by atoms with van der Waals surface area (Å²) in [6, 6.07) is 20.5. The smallest absolute Gasteiger partial charge is 0.243 e. The normalized spacial score (nSPS) is 11.9. The number of ether oxygens (including phenoxy) is 1. The number of carbonyl (C=O) groups is 2. The minimum atomic E-state index is -3.64. The summed E-state index contributed by atoms with van der Waals surface area (Å²) >= 11 is 12.6. The summed E-state index contributed by atoms with van der Waals surface area (Å²) in [5, 5.41) is 3.84. The first-order valence-corrected chi connectivity index (χ1v) is 16.8. The van der Waals surface area contributed by atoms with E-state index in [1.807, 2.05) is 37.3 Å². The second-order valence-corrected chi connectivity index (χ2v) is 13.0. The van der Waals surface area contributed by atoms with E-state index in [9.17, 15) is 18.0 Å². The molecule has 0 aliphatic heterocycles. The van der Waals surface area contributed by atoms with Crippen LogP contribution in [0.25, 0.3) is 0 Å². The van der Waals surface area contributed by atoms with Gasteiger partial charge < -0.3 is 15.0 Å². The largest absolute Gasteiger partial charge is 0.497 e. The number of benzene rings is 3. The molecule has 0 heterocycles. The molecule has 1 atom stereocenters. The number of methoxy groups -OCH3 is 1. The van der Waals surface area contributed by atoms with Crippen molar-refractivity contribution >= 4 is 50.7 Å².